The van der Waals surface area contributed by atoms with Gasteiger partial charge in [-0.05, 0) is 18.2 Å². The molecule has 0 saturated heterocycles. The fourth-order valence-corrected chi connectivity index (χ4v) is 2.76. The molecule has 0 radical (unpaired) electrons. The highest BCUT2D eigenvalue weighted by atomic mass is 16.5. The maximum atomic E-state index is 12.6. The van der Waals surface area contributed by atoms with Crippen LogP contribution in [0.15, 0.2) is 66.3 Å². The zero-order valence-electron chi connectivity index (χ0n) is 15.1. The molecule has 2 N–H and O–H groups in total. The number of para-hydroxylation sites is 3. The number of nitrogens with zero attached hydrogens (tertiary/aromatic N) is 2. The average Bonchev–Trinajstić information content (AvgIpc) is 2.98. The first-order chi connectivity index (χ1) is 13.6. The van der Waals surface area contributed by atoms with Gasteiger partial charge in [0.1, 0.15) is 5.75 Å². The molecule has 2 aromatic carbocycles. The lowest BCUT2D eigenvalue weighted by molar-refractivity contribution is -0.136. The quantitative estimate of drug-likeness (QED) is 0.470. The molecule has 1 aliphatic heterocycles. The lowest BCUT2D eigenvalue weighted by Crippen LogP contribution is -2.35. The molecule has 3 rings (SSSR count). The van der Waals surface area contributed by atoms with Crippen LogP contribution in [0.25, 0.3) is 0 Å². The van der Waals surface area contributed by atoms with E-state index in [0.717, 1.165) is 0 Å². The molecule has 0 aromatic heterocycles. The van der Waals surface area contributed by atoms with E-state index in [1.807, 2.05) is 0 Å². The van der Waals surface area contributed by atoms with E-state index in [-0.39, 0.29) is 11.6 Å². The first-order valence-corrected chi connectivity index (χ1v) is 8.41. The second-order valence-corrected chi connectivity index (χ2v) is 5.78. The summed E-state index contributed by atoms with van der Waals surface area (Å²) < 4.78 is 5.12. The van der Waals surface area contributed by atoms with Crippen LogP contribution in [-0.2, 0) is 14.4 Å². The summed E-state index contributed by atoms with van der Waals surface area (Å²) in [4.78, 5) is 38.3. The van der Waals surface area contributed by atoms with E-state index < -0.39 is 11.8 Å². The van der Waals surface area contributed by atoms with Crippen molar-refractivity contribution in [1.29, 1.82) is 0 Å². The molecule has 2 aromatic rings. The van der Waals surface area contributed by atoms with Gasteiger partial charge in [-0.1, -0.05) is 36.4 Å². The molecule has 0 saturated carbocycles. The fourth-order valence-electron chi connectivity index (χ4n) is 2.76. The molecule has 8 heteroatoms. The van der Waals surface area contributed by atoms with Gasteiger partial charge in [0.15, 0.2) is 5.71 Å². The smallest absolute Gasteiger partial charge is 0.329 e. The van der Waals surface area contributed by atoms with E-state index in [0.29, 0.717) is 29.2 Å². The molecule has 0 unspecified atom stereocenters. The number of nitrogens with one attached hydrogen (secondary N) is 2. The van der Waals surface area contributed by atoms with Crippen LogP contribution in [-0.4, -0.2) is 37.1 Å². The number of methoxy groups -OCH3 is 1. The van der Waals surface area contributed by atoms with Crippen LogP contribution >= 0.6 is 0 Å². The minimum atomic E-state index is -1.01. The van der Waals surface area contributed by atoms with Crippen LogP contribution in [0.2, 0.25) is 0 Å². The maximum Gasteiger partial charge on any atom is 0.329 e. The summed E-state index contributed by atoms with van der Waals surface area (Å²) in [5, 5.41) is 6.32. The molecule has 0 bridgehead atoms. The summed E-state index contributed by atoms with van der Waals surface area (Å²) in [6, 6.07) is 13.7. The lowest BCUT2D eigenvalue weighted by Gasteiger charge is -2.13. The molecule has 0 spiro atoms. The Balaban J connectivity index is 1.76. The number of hydrogen-bond donors (Lipinski definition) is 2. The van der Waals surface area contributed by atoms with E-state index in [2.05, 4.69) is 22.4 Å². The number of fused-ring (bicyclic) bond motifs is 1. The Kier molecular flexibility index (Phi) is 5.50. The maximum absolute atomic E-state index is 12.6. The van der Waals surface area contributed by atoms with Crippen LogP contribution in [0.4, 0.5) is 11.4 Å². The number of ether oxygens (including phenoxy) is 1. The van der Waals surface area contributed by atoms with Crippen molar-refractivity contribution in [2.24, 2.45) is 5.10 Å². The van der Waals surface area contributed by atoms with Gasteiger partial charge in [-0.3, -0.25) is 14.4 Å². The van der Waals surface area contributed by atoms with Crippen molar-refractivity contribution in [3.8, 4) is 5.75 Å². The molecule has 1 heterocycles. The van der Waals surface area contributed by atoms with E-state index in [9.17, 15) is 14.4 Å². The van der Waals surface area contributed by atoms with Crippen molar-refractivity contribution in [3.63, 3.8) is 0 Å². The zero-order chi connectivity index (χ0) is 20.1. The van der Waals surface area contributed by atoms with Gasteiger partial charge in [0.2, 0.25) is 0 Å². The van der Waals surface area contributed by atoms with Gasteiger partial charge in [-0.15, -0.1) is 6.58 Å². The van der Waals surface area contributed by atoms with Crippen molar-refractivity contribution in [3.05, 3.63) is 66.7 Å². The van der Waals surface area contributed by atoms with Gasteiger partial charge in [0.25, 0.3) is 5.91 Å². The van der Waals surface area contributed by atoms with Crippen LogP contribution in [0.3, 0.4) is 0 Å². The Labute approximate surface area is 161 Å². The largest absolute Gasteiger partial charge is 0.495 e. The number of anilines is 2. The molecule has 8 nitrogen and oxygen atoms in total. The SMILES string of the molecule is C=CCN1C(=O)/C(=N\NC(=O)C(=O)Nc2ccccc2OC)c2ccccc21. The average molecular weight is 378 g/mol. The first-order valence-electron chi connectivity index (χ1n) is 8.41. The number of hydrazone groups is 1. The lowest BCUT2D eigenvalue weighted by atomic mass is 10.1. The molecule has 0 aliphatic carbocycles. The highest BCUT2D eigenvalue weighted by Crippen LogP contribution is 2.28. The number of carbonyl (C=O) groups is 3. The summed E-state index contributed by atoms with van der Waals surface area (Å²) in [5.41, 5.74) is 3.77. The molecule has 1 aliphatic rings. The summed E-state index contributed by atoms with van der Waals surface area (Å²) in [6.07, 6.45) is 1.59. The normalized spacial score (nSPS) is 13.8. The van der Waals surface area contributed by atoms with Crippen molar-refractivity contribution in [2.75, 3.05) is 23.9 Å². The summed E-state index contributed by atoms with van der Waals surface area (Å²) in [6.45, 7) is 3.94. The van der Waals surface area contributed by atoms with Crippen molar-refractivity contribution >= 4 is 34.8 Å². The molecule has 0 atom stereocenters. The Morgan fingerprint density at radius 2 is 1.86 bits per heavy atom. The third-order valence-electron chi connectivity index (χ3n) is 4.04. The summed E-state index contributed by atoms with van der Waals surface area (Å²) >= 11 is 0. The van der Waals surface area contributed by atoms with Crippen LogP contribution < -0.4 is 20.4 Å². The first kappa shape index (κ1) is 18.8. The van der Waals surface area contributed by atoms with Crippen molar-refractivity contribution < 1.29 is 19.1 Å². The molecule has 3 amide bonds. The van der Waals surface area contributed by atoms with Gasteiger partial charge >= 0.3 is 11.8 Å². The van der Waals surface area contributed by atoms with Gasteiger partial charge in [0, 0.05) is 12.1 Å². The van der Waals surface area contributed by atoms with Crippen LogP contribution in [0.5, 0.6) is 5.75 Å². The predicted molar refractivity (Wildman–Crippen MR) is 105 cm³/mol. The number of benzene rings is 2. The van der Waals surface area contributed by atoms with E-state index in [1.54, 1.807) is 54.6 Å². The summed E-state index contributed by atoms with van der Waals surface area (Å²) in [5.74, 6) is -1.91. The zero-order valence-corrected chi connectivity index (χ0v) is 15.1. The summed E-state index contributed by atoms with van der Waals surface area (Å²) in [7, 11) is 1.45. The Hall–Kier alpha value is -3.94. The minimum absolute atomic E-state index is 0.0518. The third kappa shape index (κ3) is 3.61. The Morgan fingerprint density at radius 3 is 2.61 bits per heavy atom. The van der Waals surface area contributed by atoms with E-state index in [4.69, 9.17) is 4.74 Å². The topological polar surface area (TPSA) is 100 Å². The van der Waals surface area contributed by atoms with Crippen LogP contribution in [0.1, 0.15) is 5.56 Å². The minimum Gasteiger partial charge on any atom is -0.495 e. The number of amides is 3. The van der Waals surface area contributed by atoms with Gasteiger partial charge < -0.3 is 15.0 Å². The third-order valence-corrected chi connectivity index (χ3v) is 4.04. The number of rotatable bonds is 5. The Bertz CT molecular complexity index is 984. The highest BCUT2D eigenvalue weighted by Gasteiger charge is 2.33. The Morgan fingerprint density at radius 1 is 1.14 bits per heavy atom. The van der Waals surface area contributed by atoms with E-state index in [1.165, 1.54) is 12.0 Å². The number of carbonyl (C=O) groups excluding carboxylic acids is 3. The fraction of sp³-hybridized carbons (Fsp3) is 0.100. The van der Waals surface area contributed by atoms with Crippen LogP contribution in [0, 0.1) is 0 Å². The molecular weight excluding hydrogens is 360 g/mol. The second-order valence-electron chi connectivity index (χ2n) is 5.78. The second kappa shape index (κ2) is 8.17. The van der Waals surface area contributed by atoms with E-state index >= 15 is 0 Å². The van der Waals surface area contributed by atoms with Crippen molar-refractivity contribution in [2.45, 2.75) is 0 Å². The van der Waals surface area contributed by atoms with Gasteiger partial charge in [-0.2, -0.15) is 5.10 Å². The highest BCUT2D eigenvalue weighted by molar-refractivity contribution is 6.54. The molecule has 28 heavy (non-hydrogen) atoms. The molecule has 0 fully saturated rings. The van der Waals surface area contributed by atoms with Crippen molar-refractivity contribution in [1.82, 2.24) is 5.43 Å². The molecular formula is C20H18N4O4. The monoisotopic (exact) mass is 378 g/mol. The van der Waals surface area contributed by atoms with Gasteiger partial charge in [0.05, 0.1) is 18.5 Å². The predicted octanol–water partition coefficient (Wildman–Crippen LogP) is 1.69. The molecule has 142 valence electrons. The standard InChI is InChI=1S/C20H18N4O4/c1-3-12-24-15-10-6-4-8-13(15)17(20(24)27)22-23-19(26)18(25)21-14-9-5-7-11-16(14)28-2/h3-11H,1,12H2,2H3,(H,21,25)(H,23,26)/b22-17-. The number of hydrogen-bond acceptors (Lipinski definition) is 5. The van der Waals surface area contributed by atoms with Gasteiger partial charge in [-0.25, -0.2) is 5.43 Å².